The van der Waals surface area contributed by atoms with Gasteiger partial charge in [-0.1, -0.05) is 22.8 Å². The van der Waals surface area contributed by atoms with Crippen LogP contribution in [0.4, 0.5) is 13.2 Å². The van der Waals surface area contributed by atoms with Crippen molar-refractivity contribution in [3.05, 3.63) is 59.1 Å². The van der Waals surface area contributed by atoms with E-state index >= 15 is 0 Å². The lowest BCUT2D eigenvalue weighted by Gasteiger charge is -2.26. The predicted molar refractivity (Wildman–Crippen MR) is 115 cm³/mol. The molecule has 1 fully saturated rings. The van der Waals surface area contributed by atoms with Gasteiger partial charge in [0.25, 0.3) is 0 Å². The smallest absolute Gasteiger partial charge is 0.415 e. The Kier molecular flexibility index (Phi) is 6.96. The zero-order chi connectivity index (χ0) is 23.4. The van der Waals surface area contributed by atoms with Crippen LogP contribution in [-0.2, 0) is 0 Å². The van der Waals surface area contributed by atoms with Gasteiger partial charge in [-0.15, -0.1) is 5.10 Å². The van der Waals surface area contributed by atoms with Crippen molar-refractivity contribution >= 4 is 37.4 Å². The molecule has 1 aromatic carbocycles. The van der Waals surface area contributed by atoms with Gasteiger partial charge in [0.1, 0.15) is 6.61 Å². The van der Waals surface area contributed by atoms with Crippen LogP contribution >= 0.6 is 11.6 Å². The maximum Gasteiger partial charge on any atom is 0.415 e. The number of fused-ring (bicyclic) bond motifs is 1. The van der Waals surface area contributed by atoms with Crippen LogP contribution in [0.15, 0.2) is 47.0 Å². The van der Waals surface area contributed by atoms with E-state index in [4.69, 9.17) is 20.8 Å². The standard InChI is InChI=1S/C20H18ClF3N5O3Si/c21-14-3-2-12-8-13(10-25-16(12)9-14)17(30)29-33-7-4-15(26-11-33)18-27-28-19(32-18)31-6-1-5-20(22,23)24/h1-3,5,8-10,15,26H,4,6-7,11H2,(H,29,30)/b5-1+/t15-/m1/s1. The van der Waals surface area contributed by atoms with E-state index in [1.165, 1.54) is 6.20 Å². The summed E-state index contributed by atoms with van der Waals surface area (Å²) in [6.07, 6.45) is -0.950. The molecule has 173 valence electrons. The number of nitrogens with one attached hydrogen (secondary N) is 2. The number of alkyl halides is 3. The minimum atomic E-state index is -4.40. The minimum Gasteiger partial charge on any atom is -0.445 e. The molecule has 8 nitrogen and oxygen atoms in total. The Balaban J connectivity index is 1.27. The molecule has 0 saturated carbocycles. The molecule has 1 aliphatic heterocycles. The molecule has 1 amide bonds. The number of allylic oxidation sites excluding steroid dienone is 1. The molecule has 0 unspecified atom stereocenters. The highest BCUT2D eigenvalue weighted by molar-refractivity contribution is 6.60. The van der Waals surface area contributed by atoms with E-state index in [0.29, 0.717) is 23.2 Å². The Hall–Kier alpha value is -2.96. The number of carbonyl (C=O) groups is 1. The lowest BCUT2D eigenvalue weighted by molar-refractivity contribution is -0.0802. The summed E-state index contributed by atoms with van der Waals surface area (Å²) in [6.45, 7) is -0.338. The fourth-order valence-electron chi connectivity index (χ4n) is 3.25. The monoisotopic (exact) mass is 496 g/mol. The van der Waals surface area contributed by atoms with Gasteiger partial charge in [-0.3, -0.25) is 9.78 Å². The SMILES string of the molecule is O=C(N[Si]1CC[C@H](c2nnc(OC/C=C/C(F)(F)F)o2)NC1)c1cnc2cc(Cl)ccc2c1. The summed E-state index contributed by atoms with van der Waals surface area (Å²) >= 11 is 5.97. The molecule has 33 heavy (non-hydrogen) atoms. The van der Waals surface area contributed by atoms with Crippen LogP contribution in [0.25, 0.3) is 10.9 Å². The Labute approximate surface area is 192 Å². The van der Waals surface area contributed by atoms with Crippen LogP contribution in [0, 0.1) is 0 Å². The van der Waals surface area contributed by atoms with E-state index in [2.05, 4.69) is 25.5 Å². The van der Waals surface area contributed by atoms with E-state index < -0.39 is 15.1 Å². The molecule has 0 aliphatic carbocycles. The summed E-state index contributed by atoms with van der Waals surface area (Å²) in [5, 5.41) is 12.3. The highest BCUT2D eigenvalue weighted by Crippen LogP contribution is 2.24. The number of aromatic nitrogens is 3. The van der Waals surface area contributed by atoms with Gasteiger partial charge in [-0.05, 0) is 36.7 Å². The third kappa shape index (κ3) is 6.30. The van der Waals surface area contributed by atoms with Crippen LogP contribution in [0.3, 0.4) is 0 Å². The Morgan fingerprint density at radius 3 is 2.97 bits per heavy atom. The van der Waals surface area contributed by atoms with Crippen molar-refractivity contribution in [2.45, 2.75) is 24.7 Å². The van der Waals surface area contributed by atoms with Gasteiger partial charge in [0.2, 0.25) is 11.8 Å². The van der Waals surface area contributed by atoms with Crippen molar-refractivity contribution in [3.63, 3.8) is 0 Å². The fourth-order valence-corrected chi connectivity index (χ4v) is 5.40. The van der Waals surface area contributed by atoms with Crippen LogP contribution in [-0.4, -0.2) is 49.0 Å². The van der Waals surface area contributed by atoms with Crippen molar-refractivity contribution < 1.29 is 27.1 Å². The quantitative estimate of drug-likeness (QED) is 0.395. The van der Waals surface area contributed by atoms with Crippen LogP contribution in [0.2, 0.25) is 11.1 Å². The molecule has 3 heterocycles. The summed E-state index contributed by atoms with van der Waals surface area (Å²) in [7, 11) is -1.21. The molecule has 1 saturated heterocycles. The molecule has 0 spiro atoms. The van der Waals surface area contributed by atoms with E-state index in [1.54, 1.807) is 18.2 Å². The second-order valence-electron chi connectivity index (χ2n) is 7.25. The Morgan fingerprint density at radius 1 is 1.36 bits per heavy atom. The average molecular weight is 497 g/mol. The first-order valence-electron chi connectivity index (χ1n) is 9.92. The number of pyridine rings is 1. The highest BCUT2D eigenvalue weighted by atomic mass is 35.5. The van der Waals surface area contributed by atoms with Crippen LogP contribution in [0.1, 0.15) is 28.7 Å². The molecule has 3 aromatic rings. The van der Waals surface area contributed by atoms with Gasteiger partial charge < -0.3 is 19.5 Å². The largest absolute Gasteiger partial charge is 0.445 e. The molecular formula is C20H18ClF3N5O3Si. The number of hydrogen-bond donors (Lipinski definition) is 2. The first-order chi connectivity index (χ1) is 15.8. The number of rotatable bonds is 6. The molecule has 1 atom stereocenters. The topological polar surface area (TPSA) is 102 Å². The molecular weight excluding hydrogens is 479 g/mol. The van der Waals surface area contributed by atoms with Gasteiger partial charge in [0.05, 0.1) is 17.1 Å². The van der Waals surface area contributed by atoms with Crippen molar-refractivity contribution in [2.75, 3.05) is 12.8 Å². The van der Waals surface area contributed by atoms with E-state index in [0.717, 1.165) is 23.0 Å². The number of amides is 1. The molecule has 4 rings (SSSR count). The molecule has 1 aliphatic rings. The molecule has 13 heteroatoms. The number of halogens is 4. The minimum absolute atomic E-state index is 0.0778. The first-order valence-corrected chi connectivity index (χ1v) is 12.2. The lowest BCUT2D eigenvalue weighted by atomic mass is 10.1. The zero-order valence-corrected chi connectivity index (χ0v) is 18.8. The lowest BCUT2D eigenvalue weighted by Crippen LogP contribution is -2.50. The first kappa shape index (κ1) is 23.2. The number of ether oxygens (including phenoxy) is 1. The van der Waals surface area contributed by atoms with E-state index in [-0.39, 0.29) is 36.6 Å². The summed E-state index contributed by atoms with van der Waals surface area (Å²) in [6, 6.07) is 7.62. The number of hydrogen-bond acceptors (Lipinski definition) is 7. The van der Waals surface area contributed by atoms with Gasteiger partial charge in [-0.25, -0.2) is 0 Å². The number of benzene rings is 1. The van der Waals surface area contributed by atoms with Gasteiger partial charge in [0.15, 0.2) is 8.96 Å². The normalized spacial score (nSPS) is 17.5. The molecule has 2 aromatic heterocycles. The van der Waals surface area contributed by atoms with Crippen molar-refractivity contribution in [1.29, 1.82) is 0 Å². The maximum atomic E-state index is 12.7. The summed E-state index contributed by atoms with van der Waals surface area (Å²) in [4.78, 5) is 20.0. The summed E-state index contributed by atoms with van der Waals surface area (Å²) in [5.41, 5.74) is 1.19. The van der Waals surface area contributed by atoms with Crippen molar-refractivity contribution in [2.24, 2.45) is 0 Å². The number of nitrogens with zero attached hydrogens (tertiary/aromatic N) is 3. The third-order valence-electron chi connectivity index (χ3n) is 4.83. The van der Waals surface area contributed by atoms with Crippen molar-refractivity contribution in [1.82, 2.24) is 25.5 Å². The van der Waals surface area contributed by atoms with E-state index in [1.807, 2.05) is 6.07 Å². The summed E-state index contributed by atoms with van der Waals surface area (Å²) < 4.78 is 46.6. The Bertz CT molecular complexity index is 1170. The Morgan fingerprint density at radius 2 is 2.21 bits per heavy atom. The molecule has 1 radical (unpaired) electrons. The second-order valence-corrected chi connectivity index (χ2v) is 10.00. The zero-order valence-electron chi connectivity index (χ0n) is 17.0. The van der Waals surface area contributed by atoms with Gasteiger partial charge in [0, 0.05) is 28.8 Å². The van der Waals surface area contributed by atoms with Gasteiger partial charge >= 0.3 is 12.3 Å². The van der Waals surface area contributed by atoms with Crippen LogP contribution in [0.5, 0.6) is 6.08 Å². The maximum absolute atomic E-state index is 12.7. The average Bonchev–Trinajstić information content (AvgIpc) is 3.25. The van der Waals surface area contributed by atoms with Crippen LogP contribution < -0.4 is 15.0 Å². The molecule has 2 N–H and O–H groups in total. The summed E-state index contributed by atoms with van der Waals surface area (Å²) in [5.74, 6) is 0.100. The third-order valence-corrected chi connectivity index (χ3v) is 7.16. The highest BCUT2D eigenvalue weighted by Gasteiger charge is 2.29. The second kappa shape index (κ2) is 9.89. The van der Waals surface area contributed by atoms with Gasteiger partial charge in [-0.2, -0.15) is 13.2 Å². The molecule has 0 bridgehead atoms. The van der Waals surface area contributed by atoms with Crippen molar-refractivity contribution in [3.8, 4) is 6.08 Å². The van der Waals surface area contributed by atoms with E-state index in [9.17, 15) is 18.0 Å². The predicted octanol–water partition coefficient (Wildman–Crippen LogP) is 3.76. The number of carbonyl (C=O) groups excluding carboxylic acids is 1. The fraction of sp³-hybridized carbons (Fsp3) is 0.300.